The van der Waals surface area contributed by atoms with Crippen LogP contribution in [-0.2, 0) is 0 Å². The van der Waals surface area contributed by atoms with E-state index in [4.69, 9.17) is 11.2 Å². The summed E-state index contributed by atoms with van der Waals surface area (Å²) < 4.78 is 5.30. The first-order chi connectivity index (χ1) is 6.29. The third-order valence-electron chi connectivity index (χ3n) is 1.67. The molecule has 0 aliphatic carbocycles. The third kappa shape index (κ3) is 2.24. The maximum Gasteiger partial charge on any atom is 0.143 e. The van der Waals surface area contributed by atoms with E-state index in [1.54, 1.807) is 12.1 Å². The van der Waals surface area contributed by atoms with Crippen LogP contribution in [0.1, 0.15) is 18.6 Å². The van der Waals surface area contributed by atoms with Crippen LogP contribution in [0.5, 0.6) is 5.75 Å². The Kier molecular flexibility index (Phi) is 3.36. The molecule has 0 saturated heterocycles. The van der Waals surface area contributed by atoms with E-state index in [-0.39, 0.29) is 0 Å². The van der Waals surface area contributed by atoms with Crippen molar-refractivity contribution in [3.63, 3.8) is 0 Å². The first-order valence-electron chi connectivity index (χ1n) is 4.15. The largest absolute Gasteiger partial charge is 0.493 e. The van der Waals surface area contributed by atoms with Crippen molar-refractivity contribution in [2.75, 3.05) is 6.61 Å². The van der Waals surface area contributed by atoms with E-state index < -0.39 is 6.10 Å². The molecule has 1 N–H and O–H groups in total. The van der Waals surface area contributed by atoms with E-state index in [1.165, 1.54) is 0 Å². The molecule has 1 atom stereocenters. The Balaban J connectivity index is 2.98. The minimum atomic E-state index is -0.886. The zero-order chi connectivity index (χ0) is 9.68. The summed E-state index contributed by atoms with van der Waals surface area (Å²) in [6.45, 7) is 2.45. The molecule has 1 aromatic carbocycles. The minimum Gasteiger partial charge on any atom is -0.493 e. The van der Waals surface area contributed by atoms with Crippen molar-refractivity contribution in [2.24, 2.45) is 0 Å². The molecule has 2 nitrogen and oxygen atoms in total. The first-order valence-corrected chi connectivity index (χ1v) is 4.15. The fourth-order valence-electron chi connectivity index (χ4n) is 1.08. The van der Waals surface area contributed by atoms with E-state index in [1.807, 2.05) is 19.1 Å². The van der Waals surface area contributed by atoms with Crippen LogP contribution >= 0.6 is 0 Å². The number of hydrogen-bond acceptors (Lipinski definition) is 2. The summed E-state index contributed by atoms with van der Waals surface area (Å²) in [7, 11) is 0. The normalized spacial score (nSPS) is 11.8. The lowest BCUT2D eigenvalue weighted by Gasteiger charge is -2.10. The molecule has 0 saturated carbocycles. The Morgan fingerprint density at radius 3 is 2.85 bits per heavy atom. The number of benzene rings is 1. The summed E-state index contributed by atoms with van der Waals surface area (Å²) in [5, 5.41) is 9.42. The highest BCUT2D eigenvalue weighted by molar-refractivity contribution is 5.37. The van der Waals surface area contributed by atoms with Gasteiger partial charge in [-0.15, -0.1) is 6.42 Å². The Morgan fingerprint density at radius 2 is 2.23 bits per heavy atom. The molecule has 0 bridgehead atoms. The third-order valence-corrected chi connectivity index (χ3v) is 1.67. The molecule has 0 aliphatic rings. The average molecular weight is 176 g/mol. The summed E-state index contributed by atoms with van der Waals surface area (Å²) in [6.07, 6.45) is 4.23. The molecular formula is C11H12O2. The van der Waals surface area contributed by atoms with Crippen LogP contribution in [-0.4, -0.2) is 11.7 Å². The van der Waals surface area contributed by atoms with Gasteiger partial charge in [-0.1, -0.05) is 24.1 Å². The van der Waals surface area contributed by atoms with Gasteiger partial charge < -0.3 is 9.84 Å². The van der Waals surface area contributed by atoms with Crippen molar-refractivity contribution in [1.82, 2.24) is 0 Å². The molecule has 1 aromatic rings. The van der Waals surface area contributed by atoms with Crippen LogP contribution in [0.25, 0.3) is 0 Å². The van der Waals surface area contributed by atoms with Gasteiger partial charge in [-0.25, -0.2) is 0 Å². The Bertz CT molecular complexity index is 312. The maximum absolute atomic E-state index is 9.42. The molecule has 0 unspecified atom stereocenters. The van der Waals surface area contributed by atoms with Gasteiger partial charge in [-0.3, -0.25) is 0 Å². The number of aliphatic hydroxyl groups is 1. The molecule has 0 fully saturated rings. The number of hydrogen-bond donors (Lipinski definition) is 1. The summed E-state index contributed by atoms with van der Waals surface area (Å²) in [6, 6.07) is 7.21. The fourth-order valence-corrected chi connectivity index (χ4v) is 1.08. The zero-order valence-electron chi connectivity index (χ0n) is 7.53. The van der Waals surface area contributed by atoms with Gasteiger partial charge in [0.2, 0.25) is 0 Å². The van der Waals surface area contributed by atoms with E-state index in [0.29, 0.717) is 17.9 Å². The van der Waals surface area contributed by atoms with E-state index in [2.05, 4.69) is 5.92 Å². The summed E-state index contributed by atoms with van der Waals surface area (Å²) in [5.41, 5.74) is 0.645. The molecule has 0 heterocycles. The van der Waals surface area contributed by atoms with Gasteiger partial charge in [0, 0.05) is 5.56 Å². The van der Waals surface area contributed by atoms with Gasteiger partial charge in [0.25, 0.3) is 0 Å². The SMILES string of the molecule is C#C[C@@H](O)c1ccccc1OCC. The van der Waals surface area contributed by atoms with Gasteiger partial charge in [0.15, 0.2) is 0 Å². The van der Waals surface area contributed by atoms with Crippen molar-refractivity contribution in [3.05, 3.63) is 29.8 Å². The van der Waals surface area contributed by atoms with Crippen LogP contribution in [0, 0.1) is 12.3 Å². The fraction of sp³-hybridized carbons (Fsp3) is 0.273. The van der Waals surface area contributed by atoms with Crippen LogP contribution < -0.4 is 4.74 Å². The number of aliphatic hydroxyl groups excluding tert-OH is 1. The monoisotopic (exact) mass is 176 g/mol. The minimum absolute atomic E-state index is 0.564. The van der Waals surface area contributed by atoms with E-state index in [0.717, 1.165) is 0 Å². The summed E-state index contributed by atoms with van der Waals surface area (Å²) in [5.74, 6) is 2.90. The predicted octanol–water partition coefficient (Wildman–Crippen LogP) is 1.75. The number of ether oxygens (including phenoxy) is 1. The van der Waals surface area contributed by atoms with E-state index >= 15 is 0 Å². The molecule has 0 radical (unpaired) electrons. The highest BCUT2D eigenvalue weighted by atomic mass is 16.5. The Hall–Kier alpha value is -1.46. The highest BCUT2D eigenvalue weighted by Gasteiger charge is 2.08. The van der Waals surface area contributed by atoms with Gasteiger partial charge in [0.1, 0.15) is 11.9 Å². The Labute approximate surface area is 78.2 Å². The van der Waals surface area contributed by atoms with Crippen LogP contribution in [0.2, 0.25) is 0 Å². The van der Waals surface area contributed by atoms with Gasteiger partial charge in [0.05, 0.1) is 6.61 Å². The smallest absolute Gasteiger partial charge is 0.143 e. The predicted molar refractivity (Wildman–Crippen MR) is 51.4 cm³/mol. The molecule has 0 aromatic heterocycles. The topological polar surface area (TPSA) is 29.5 Å². The molecule has 0 spiro atoms. The van der Waals surface area contributed by atoms with Crippen molar-refractivity contribution < 1.29 is 9.84 Å². The van der Waals surface area contributed by atoms with Gasteiger partial charge in [-0.2, -0.15) is 0 Å². The number of para-hydroxylation sites is 1. The lowest BCUT2D eigenvalue weighted by atomic mass is 10.1. The molecule has 0 amide bonds. The standard InChI is InChI=1S/C11H12O2/c1-3-10(12)9-7-5-6-8-11(9)13-4-2/h1,5-8,10,12H,4H2,2H3/t10-/m1/s1. The highest BCUT2D eigenvalue weighted by Crippen LogP contribution is 2.24. The van der Waals surface area contributed by atoms with Crippen molar-refractivity contribution >= 4 is 0 Å². The lowest BCUT2D eigenvalue weighted by Crippen LogP contribution is -2.00. The number of terminal acetylenes is 1. The van der Waals surface area contributed by atoms with Crippen molar-refractivity contribution in [3.8, 4) is 18.1 Å². The average Bonchev–Trinajstić information content (AvgIpc) is 2.18. The second-order valence-electron chi connectivity index (χ2n) is 2.54. The molecule has 13 heavy (non-hydrogen) atoms. The van der Waals surface area contributed by atoms with Crippen LogP contribution in [0.3, 0.4) is 0 Å². The second kappa shape index (κ2) is 4.54. The van der Waals surface area contributed by atoms with Crippen LogP contribution in [0.15, 0.2) is 24.3 Å². The second-order valence-corrected chi connectivity index (χ2v) is 2.54. The first kappa shape index (κ1) is 9.63. The summed E-state index contributed by atoms with van der Waals surface area (Å²) in [4.78, 5) is 0. The molecule has 68 valence electrons. The van der Waals surface area contributed by atoms with Crippen LogP contribution in [0.4, 0.5) is 0 Å². The van der Waals surface area contributed by atoms with Gasteiger partial charge >= 0.3 is 0 Å². The quantitative estimate of drug-likeness (QED) is 0.711. The van der Waals surface area contributed by atoms with E-state index in [9.17, 15) is 5.11 Å². The van der Waals surface area contributed by atoms with Crippen molar-refractivity contribution in [2.45, 2.75) is 13.0 Å². The maximum atomic E-state index is 9.42. The molecule has 0 aliphatic heterocycles. The molecular weight excluding hydrogens is 164 g/mol. The van der Waals surface area contributed by atoms with Crippen molar-refractivity contribution in [1.29, 1.82) is 0 Å². The molecule has 2 heteroatoms. The zero-order valence-corrected chi connectivity index (χ0v) is 7.53. The molecule has 1 rings (SSSR count). The lowest BCUT2D eigenvalue weighted by molar-refractivity contribution is 0.229. The van der Waals surface area contributed by atoms with Gasteiger partial charge in [-0.05, 0) is 13.0 Å². The Morgan fingerprint density at radius 1 is 1.54 bits per heavy atom. The summed E-state index contributed by atoms with van der Waals surface area (Å²) >= 11 is 0. The number of rotatable bonds is 3.